The molecule has 9 nitrogen and oxygen atoms in total. The summed E-state index contributed by atoms with van der Waals surface area (Å²) >= 11 is 0. The van der Waals surface area contributed by atoms with Gasteiger partial charge in [-0.15, -0.1) is 0 Å². The van der Waals surface area contributed by atoms with Crippen LogP contribution in [0.3, 0.4) is 0 Å². The van der Waals surface area contributed by atoms with Crippen LogP contribution in [-0.4, -0.2) is 63.6 Å². The molecule has 2 aromatic heterocycles. The van der Waals surface area contributed by atoms with Crippen molar-refractivity contribution in [2.24, 2.45) is 0 Å². The van der Waals surface area contributed by atoms with E-state index in [-0.39, 0.29) is 37.4 Å². The first-order valence-corrected chi connectivity index (χ1v) is 10.1. The summed E-state index contributed by atoms with van der Waals surface area (Å²) in [6.07, 6.45) is -2.03. The maximum atomic E-state index is 13.6. The normalized spacial score (nSPS) is 16.9. The molecule has 1 aliphatic heterocycles. The second-order valence-electron chi connectivity index (χ2n) is 6.02. The predicted molar refractivity (Wildman–Crippen MR) is 94.5 cm³/mol. The molecule has 1 aliphatic rings. The zero-order valence-corrected chi connectivity index (χ0v) is 16.4. The van der Waals surface area contributed by atoms with E-state index in [0.29, 0.717) is 0 Å². The van der Waals surface area contributed by atoms with Gasteiger partial charge in [-0.05, 0) is 25.1 Å². The monoisotopic (exact) mass is 454 g/mol. The van der Waals surface area contributed by atoms with Crippen molar-refractivity contribution in [3.8, 4) is 5.88 Å². The van der Waals surface area contributed by atoms with Crippen molar-refractivity contribution >= 4 is 16.0 Å². The fraction of sp³-hybridized carbons (Fsp3) is 0.438. The molecule has 1 unspecified atom stereocenters. The van der Waals surface area contributed by atoms with E-state index in [4.69, 9.17) is 14.6 Å². The topological polar surface area (TPSA) is 115 Å². The lowest BCUT2D eigenvalue weighted by Gasteiger charge is -2.32. The van der Waals surface area contributed by atoms with Crippen molar-refractivity contribution in [2.75, 3.05) is 18.9 Å². The molecule has 1 atom stereocenters. The quantitative estimate of drug-likeness (QED) is 0.686. The van der Waals surface area contributed by atoms with Crippen LogP contribution in [0.5, 0.6) is 5.88 Å². The molecule has 3 heterocycles. The molecule has 0 aliphatic carbocycles. The Morgan fingerprint density at radius 2 is 2.00 bits per heavy atom. The number of aliphatic carboxylic acids is 1. The Balaban J connectivity index is 0.000000396. The Morgan fingerprint density at radius 1 is 1.33 bits per heavy atom. The van der Waals surface area contributed by atoms with Crippen LogP contribution in [0.2, 0.25) is 0 Å². The highest BCUT2D eigenvalue weighted by atomic mass is 32.2. The molecule has 1 N–H and O–H groups in total. The van der Waals surface area contributed by atoms with E-state index in [1.165, 1.54) is 22.6 Å². The molecule has 0 bridgehead atoms. The van der Waals surface area contributed by atoms with E-state index in [0.717, 1.165) is 5.69 Å². The summed E-state index contributed by atoms with van der Waals surface area (Å²) in [5.41, 5.74) is 0.781. The number of alkyl halides is 3. The summed E-state index contributed by atoms with van der Waals surface area (Å²) in [4.78, 5) is 12.7. The van der Waals surface area contributed by atoms with Crippen molar-refractivity contribution in [1.29, 1.82) is 0 Å². The molecular weight excluding hydrogens is 436 g/mol. The number of aromatic nitrogens is 3. The fourth-order valence-electron chi connectivity index (χ4n) is 2.52. The first-order chi connectivity index (χ1) is 14.0. The fourth-order valence-corrected chi connectivity index (χ4v) is 3.62. The molecule has 14 heteroatoms. The first-order valence-electron chi connectivity index (χ1n) is 8.49. The Morgan fingerprint density at radius 3 is 2.57 bits per heavy atom. The lowest BCUT2D eigenvalue weighted by Crippen LogP contribution is -2.43. The zero-order chi connectivity index (χ0) is 22.5. The first kappa shape index (κ1) is 23.5. The van der Waals surface area contributed by atoms with Gasteiger partial charge in [0.15, 0.2) is 5.82 Å². The van der Waals surface area contributed by atoms with Crippen LogP contribution in [0.15, 0.2) is 30.6 Å². The van der Waals surface area contributed by atoms with E-state index in [1.807, 2.05) is 0 Å². The standard InChI is InChI=1S/C14H17FN4O3S.C2HF3O2/c1-2-23(20,21)18-8-11-5-7-17-19(11)12(9-18)10-22-14-13(15)4-3-6-16-14;3-2(4,5)1(6)7/h3-7,12H,2,8-10H2,1H3;(H,6,7). The third kappa shape index (κ3) is 5.89. The van der Waals surface area contributed by atoms with Gasteiger partial charge in [0.25, 0.3) is 0 Å². The van der Waals surface area contributed by atoms with Crippen molar-refractivity contribution in [3.63, 3.8) is 0 Å². The Bertz CT molecular complexity index is 980. The molecule has 0 saturated heterocycles. The van der Waals surface area contributed by atoms with E-state index in [1.54, 1.807) is 23.9 Å². The van der Waals surface area contributed by atoms with Gasteiger partial charge < -0.3 is 9.84 Å². The highest BCUT2D eigenvalue weighted by Crippen LogP contribution is 2.24. The van der Waals surface area contributed by atoms with Crippen LogP contribution in [0, 0.1) is 5.82 Å². The minimum absolute atomic E-state index is 0.0313. The second-order valence-corrected chi connectivity index (χ2v) is 8.28. The number of nitrogens with zero attached hydrogens (tertiary/aromatic N) is 4. The third-order valence-corrected chi connectivity index (χ3v) is 5.78. The molecule has 0 aromatic carbocycles. The van der Waals surface area contributed by atoms with Crippen LogP contribution >= 0.6 is 0 Å². The van der Waals surface area contributed by atoms with Gasteiger partial charge in [-0.2, -0.15) is 22.6 Å². The highest BCUT2D eigenvalue weighted by Gasteiger charge is 2.38. The number of halogens is 4. The number of ether oxygens (including phenoxy) is 1. The summed E-state index contributed by atoms with van der Waals surface area (Å²) in [6.45, 7) is 2.21. The number of hydrogen-bond donors (Lipinski definition) is 1. The van der Waals surface area contributed by atoms with Gasteiger partial charge in [-0.25, -0.2) is 22.6 Å². The van der Waals surface area contributed by atoms with Gasteiger partial charge in [0, 0.05) is 18.9 Å². The van der Waals surface area contributed by atoms with E-state index >= 15 is 0 Å². The molecule has 2 aromatic rings. The van der Waals surface area contributed by atoms with E-state index in [2.05, 4.69) is 10.1 Å². The molecule has 0 fully saturated rings. The highest BCUT2D eigenvalue weighted by molar-refractivity contribution is 7.89. The number of carboxylic acid groups (broad SMARTS) is 1. The van der Waals surface area contributed by atoms with Gasteiger partial charge in [0.2, 0.25) is 15.9 Å². The number of carboxylic acids is 1. The largest absolute Gasteiger partial charge is 0.490 e. The van der Waals surface area contributed by atoms with Crippen LogP contribution in [-0.2, 0) is 21.4 Å². The van der Waals surface area contributed by atoms with Crippen molar-refractivity contribution < 1.29 is 40.6 Å². The smallest absolute Gasteiger partial charge is 0.475 e. The zero-order valence-electron chi connectivity index (χ0n) is 15.6. The van der Waals surface area contributed by atoms with Crippen LogP contribution < -0.4 is 4.74 Å². The molecule has 0 radical (unpaired) electrons. The molecule has 30 heavy (non-hydrogen) atoms. The molecular formula is C16H18F4N4O5S. The Hall–Kier alpha value is -2.74. The summed E-state index contributed by atoms with van der Waals surface area (Å²) < 4.78 is 78.2. The summed E-state index contributed by atoms with van der Waals surface area (Å²) in [6, 6.07) is 4.17. The van der Waals surface area contributed by atoms with Crippen LogP contribution in [0.1, 0.15) is 18.7 Å². The summed E-state index contributed by atoms with van der Waals surface area (Å²) in [5, 5.41) is 11.3. The number of carbonyl (C=O) groups is 1. The van der Waals surface area contributed by atoms with Gasteiger partial charge in [0.1, 0.15) is 12.6 Å². The van der Waals surface area contributed by atoms with Gasteiger partial charge >= 0.3 is 12.1 Å². The lowest BCUT2D eigenvalue weighted by atomic mass is 10.2. The molecule has 0 spiro atoms. The summed E-state index contributed by atoms with van der Waals surface area (Å²) in [5.74, 6) is -3.38. The van der Waals surface area contributed by atoms with Crippen LogP contribution in [0.4, 0.5) is 17.6 Å². The van der Waals surface area contributed by atoms with Crippen LogP contribution in [0.25, 0.3) is 0 Å². The molecule has 166 valence electrons. The molecule has 0 amide bonds. The van der Waals surface area contributed by atoms with Crippen molar-refractivity contribution in [1.82, 2.24) is 19.1 Å². The van der Waals surface area contributed by atoms with Gasteiger partial charge in [0.05, 0.1) is 18.0 Å². The molecule has 0 saturated carbocycles. The second kappa shape index (κ2) is 9.38. The molecule has 3 rings (SSSR count). The number of hydrogen-bond acceptors (Lipinski definition) is 6. The van der Waals surface area contributed by atoms with Crippen molar-refractivity contribution in [2.45, 2.75) is 25.7 Å². The Kier molecular flexibility index (Phi) is 7.36. The van der Waals surface area contributed by atoms with E-state index < -0.39 is 28.0 Å². The predicted octanol–water partition coefficient (Wildman–Crippen LogP) is 1.84. The average Bonchev–Trinajstić information content (AvgIpc) is 3.15. The maximum Gasteiger partial charge on any atom is 0.490 e. The average molecular weight is 454 g/mol. The Labute approximate surface area is 168 Å². The van der Waals surface area contributed by atoms with Gasteiger partial charge in [-0.1, -0.05) is 0 Å². The van der Waals surface area contributed by atoms with Gasteiger partial charge in [-0.3, -0.25) is 4.68 Å². The SMILES string of the molecule is CCS(=O)(=O)N1Cc2ccnn2C(COc2ncccc2F)C1.O=C(O)C(F)(F)F. The third-order valence-electron chi connectivity index (χ3n) is 3.99. The number of rotatable bonds is 5. The number of sulfonamides is 1. The van der Waals surface area contributed by atoms with E-state index in [9.17, 15) is 26.0 Å². The number of fused-ring (bicyclic) bond motifs is 1. The summed E-state index contributed by atoms with van der Waals surface area (Å²) in [7, 11) is -3.32. The van der Waals surface area contributed by atoms with Crippen molar-refractivity contribution in [3.05, 3.63) is 42.1 Å². The minimum atomic E-state index is -5.08. The maximum absolute atomic E-state index is 13.6. The number of pyridine rings is 1. The minimum Gasteiger partial charge on any atom is -0.475 e. The lowest BCUT2D eigenvalue weighted by molar-refractivity contribution is -0.192.